The first-order valence-corrected chi connectivity index (χ1v) is 7.07. The van der Waals surface area contributed by atoms with Crippen molar-refractivity contribution in [3.8, 4) is 5.88 Å². The Morgan fingerprint density at radius 2 is 2.12 bits per heavy atom. The zero-order chi connectivity index (χ0) is 13.1. The van der Waals surface area contributed by atoms with E-state index >= 15 is 0 Å². The van der Waals surface area contributed by atoms with E-state index in [-0.39, 0.29) is 16.2 Å². The summed E-state index contributed by atoms with van der Waals surface area (Å²) >= 11 is 5.69. The van der Waals surface area contributed by atoms with E-state index in [0.717, 1.165) is 11.8 Å². The van der Waals surface area contributed by atoms with Crippen molar-refractivity contribution >= 4 is 21.4 Å². The fraction of sp³-hybridized carbons (Fsp3) is 0.400. The third kappa shape index (κ3) is 4.70. The van der Waals surface area contributed by atoms with Gasteiger partial charge in [0.25, 0.3) is 5.16 Å². The van der Waals surface area contributed by atoms with Crippen LogP contribution in [0.5, 0.6) is 5.88 Å². The van der Waals surface area contributed by atoms with Crippen LogP contribution in [0.1, 0.15) is 13.8 Å². The highest BCUT2D eigenvalue weighted by atomic mass is 35.5. The van der Waals surface area contributed by atoms with Crippen LogP contribution >= 0.6 is 11.6 Å². The average Bonchev–Trinajstić information content (AvgIpc) is 2.14. The topological polar surface area (TPSA) is 69.2 Å². The van der Waals surface area contributed by atoms with Crippen LogP contribution < -0.4 is 4.74 Å². The first-order valence-electron chi connectivity index (χ1n) is 4.80. The fourth-order valence-corrected chi connectivity index (χ4v) is 1.65. The van der Waals surface area contributed by atoms with E-state index in [1.165, 1.54) is 6.07 Å². The van der Waals surface area contributed by atoms with Crippen LogP contribution in [0.3, 0.4) is 0 Å². The molecule has 1 aromatic rings. The Balaban J connectivity index is 2.95. The van der Waals surface area contributed by atoms with Gasteiger partial charge in [-0.2, -0.15) is 4.98 Å². The molecule has 0 amide bonds. The number of hydrogen-bond acceptors (Lipinski definition) is 5. The molecule has 0 unspecified atom stereocenters. The molecule has 0 saturated carbocycles. The minimum Gasteiger partial charge on any atom is -0.473 e. The second kappa shape index (κ2) is 5.46. The van der Waals surface area contributed by atoms with Gasteiger partial charge in [0, 0.05) is 12.3 Å². The van der Waals surface area contributed by atoms with Gasteiger partial charge in [0.15, 0.2) is 0 Å². The maximum absolute atomic E-state index is 11.3. The van der Waals surface area contributed by atoms with E-state index in [1.807, 2.05) is 19.9 Å². The molecule has 94 valence electrons. The van der Waals surface area contributed by atoms with Crippen LogP contribution in [0.4, 0.5) is 0 Å². The zero-order valence-electron chi connectivity index (χ0n) is 9.77. The summed E-state index contributed by atoms with van der Waals surface area (Å²) in [7, 11) is -3.49. The van der Waals surface area contributed by atoms with Crippen molar-refractivity contribution in [1.29, 1.82) is 0 Å². The van der Waals surface area contributed by atoms with Crippen LogP contribution in [0.15, 0.2) is 22.9 Å². The van der Waals surface area contributed by atoms with Gasteiger partial charge in [0.1, 0.15) is 11.8 Å². The summed E-state index contributed by atoms with van der Waals surface area (Å²) in [4.78, 5) is 7.39. The molecule has 1 aromatic heterocycles. The standard InChI is InChI=1S/C10H13ClN2O3S/c1-7(2)4-5-16-9-6-8(11)12-10(13-9)17(3,14)15/h4,6H,5H2,1-3H3. The molecule has 0 spiro atoms. The molecule has 0 aromatic carbocycles. The molecular weight excluding hydrogens is 264 g/mol. The molecule has 0 saturated heterocycles. The molecule has 5 nitrogen and oxygen atoms in total. The Bertz CT molecular complexity index is 536. The smallest absolute Gasteiger partial charge is 0.251 e. The lowest BCUT2D eigenvalue weighted by molar-refractivity contribution is 0.342. The van der Waals surface area contributed by atoms with Crippen LogP contribution in [-0.2, 0) is 9.84 Å². The number of ether oxygens (including phenoxy) is 1. The molecule has 0 aliphatic carbocycles. The predicted octanol–water partition coefficient (Wildman–Crippen LogP) is 1.88. The molecule has 1 heterocycles. The molecule has 0 N–H and O–H groups in total. The molecule has 7 heteroatoms. The average molecular weight is 277 g/mol. The van der Waals surface area contributed by atoms with Crippen LogP contribution in [0.25, 0.3) is 0 Å². The van der Waals surface area contributed by atoms with Crippen LogP contribution in [-0.4, -0.2) is 31.2 Å². The largest absolute Gasteiger partial charge is 0.473 e. The normalized spacial score (nSPS) is 11.1. The van der Waals surface area contributed by atoms with Gasteiger partial charge in [-0.05, 0) is 19.9 Å². The van der Waals surface area contributed by atoms with Crippen molar-refractivity contribution < 1.29 is 13.2 Å². The second-order valence-corrected chi connectivity index (χ2v) is 5.97. The van der Waals surface area contributed by atoms with Gasteiger partial charge in [-0.25, -0.2) is 13.4 Å². The first-order chi connectivity index (χ1) is 7.79. The minimum absolute atomic E-state index is 0.0348. The minimum atomic E-state index is -3.49. The van der Waals surface area contributed by atoms with E-state index in [9.17, 15) is 8.42 Å². The first kappa shape index (κ1) is 13.9. The second-order valence-electron chi connectivity index (χ2n) is 3.68. The summed E-state index contributed by atoms with van der Waals surface area (Å²) in [6.45, 7) is 4.16. The molecular formula is C10H13ClN2O3S. The fourth-order valence-electron chi connectivity index (χ4n) is 0.911. The van der Waals surface area contributed by atoms with Crippen molar-refractivity contribution in [3.63, 3.8) is 0 Å². The predicted molar refractivity (Wildman–Crippen MR) is 65.1 cm³/mol. The Hall–Kier alpha value is -1.14. The van der Waals surface area contributed by atoms with Gasteiger partial charge >= 0.3 is 0 Å². The summed E-state index contributed by atoms with van der Waals surface area (Å²) in [6.07, 6.45) is 2.86. The van der Waals surface area contributed by atoms with Crippen LogP contribution in [0, 0.1) is 0 Å². The Morgan fingerprint density at radius 1 is 1.47 bits per heavy atom. The summed E-state index contributed by atoms with van der Waals surface area (Å²) in [5, 5.41) is -0.301. The molecule has 0 radical (unpaired) electrons. The summed E-state index contributed by atoms with van der Waals surface area (Å²) < 4.78 is 27.8. The molecule has 0 atom stereocenters. The number of allylic oxidation sites excluding steroid dienone is 1. The van der Waals surface area contributed by atoms with E-state index in [4.69, 9.17) is 16.3 Å². The summed E-state index contributed by atoms with van der Waals surface area (Å²) in [5.41, 5.74) is 1.09. The Kier molecular flexibility index (Phi) is 4.47. The highest BCUT2D eigenvalue weighted by Crippen LogP contribution is 2.16. The van der Waals surface area contributed by atoms with Crippen molar-refractivity contribution in [2.45, 2.75) is 19.0 Å². The summed E-state index contributed by atoms with van der Waals surface area (Å²) in [6, 6.07) is 1.37. The maximum atomic E-state index is 11.3. The number of rotatable bonds is 4. The lowest BCUT2D eigenvalue weighted by Crippen LogP contribution is -2.06. The highest BCUT2D eigenvalue weighted by molar-refractivity contribution is 7.90. The number of sulfone groups is 1. The highest BCUT2D eigenvalue weighted by Gasteiger charge is 2.14. The number of halogens is 1. The Labute approximate surface area is 105 Å². The van der Waals surface area contributed by atoms with Gasteiger partial charge in [-0.1, -0.05) is 17.2 Å². The molecule has 17 heavy (non-hydrogen) atoms. The lowest BCUT2D eigenvalue weighted by Gasteiger charge is -2.04. The number of nitrogens with zero attached hydrogens (tertiary/aromatic N) is 2. The molecule has 0 aliphatic rings. The zero-order valence-corrected chi connectivity index (χ0v) is 11.3. The monoisotopic (exact) mass is 276 g/mol. The quantitative estimate of drug-likeness (QED) is 0.477. The SMILES string of the molecule is CC(C)=CCOc1cc(Cl)nc(S(C)(=O)=O)n1. The van der Waals surface area contributed by atoms with Crippen molar-refractivity contribution in [2.24, 2.45) is 0 Å². The third-order valence-electron chi connectivity index (χ3n) is 1.71. The van der Waals surface area contributed by atoms with Crippen LogP contribution in [0.2, 0.25) is 5.15 Å². The van der Waals surface area contributed by atoms with Crippen molar-refractivity contribution in [1.82, 2.24) is 9.97 Å². The van der Waals surface area contributed by atoms with E-state index in [1.54, 1.807) is 0 Å². The molecule has 0 bridgehead atoms. The van der Waals surface area contributed by atoms with Gasteiger partial charge < -0.3 is 4.74 Å². The molecule has 0 aliphatic heterocycles. The molecule has 0 fully saturated rings. The third-order valence-corrected chi connectivity index (χ3v) is 2.74. The number of aromatic nitrogens is 2. The van der Waals surface area contributed by atoms with E-state index < -0.39 is 9.84 Å². The van der Waals surface area contributed by atoms with Gasteiger partial charge in [0.05, 0.1) is 0 Å². The summed E-state index contributed by atoms with van der Waals surface area (Å²) in [5.74, 6) is 0.142. The van der Waals surface area contributed by atoms with E-state index in [2.05, 4.69) is 9.97 Å². The maximum Gasteiger partial charge on any atom is 0.251 e. The lowest BCUT2D eigenvalue weighted by atomic mass is 10.3. The number of hydrogen-bond donors (Lipinski definition) is 0. The van der Waals surface area contributed by atoms with Gasteiger partial charge in [0.2, 0.25) is 15.7 Å². The van der Waals surface area contributed by atoms with E-state index in [0.29, 0.717) is 6.61 Å². The van der Waals surface area contributed by atoms with Gasteiger partial charge in [-0.3, -0.25) is 0 Å². The Morgan fingerprint density at radius 3 is 2.65 bits per heavy atom. The van der Waals surface area contributed by atoms with Gasteiger partial charge in [-0.15, -0.1) is 0 Å². The molecule has 1 rings (SSSR count). The van der Waals surface area contributed by atoms with Crippen molar-refractivity contribution in [2.75, 3.05) is 12.9 Å². The van der Waals surface area contributed by atoms with Crippen molar-refractivity contribution in [3.05, 3.63) is 22.9 Å².